The van der Waals surface area contributed by atoms with E-state index in [0.29, 0.717) is 0 Å². The van der Waals surface area contributed by atoms with Crippen molar-refractivity contribution in [1.82, 2.24) is 29.9 Å². The van der Waals surface area contributed by atoms with Crippen LogP contribution in [0.2, 0.25) is 0 Å². The Morgan fingerprint density at radius 3 is 0.992 bits per heavy atom. The smallest absolute Gasteiger partial charge is 0.194 e. The third-order valence-corrected chi connectivity index (χ3v) is 21.7. The molecule has 0 saturated heterocycles. The van der Waals surface area contributed by atoms with Crippen molar-refractivity contribution in [3.63, 3.8) is 0 Å². The highest BCUT2D eigenvalue weighted by atomic mass is 16.1. The molecule has 0 aliphatic heterocycles. The molecule has 18 rings (SSSR count). The van der Waals surface area contributed by atoms with Gasteiger partial charge in [0.25, 0.3) is 0 Å². The van der Waals surface area contributed by atoms with Crippen LogP contribution in [0.4, 0.5) is 0 Å². The van der Waals surface area contributed by atoms with Gasteiger partial charge in [0.15, 0.2) is 5.78 Å². The Kier molecular flexibility index (Phi) is 31.4. The standard InChI is InChI=1S/C29H26.C27H24.C15H12O.6C7H9N/c1-19-5-11-23(12-6-19)29(24-13-7-20(2)8-14-24)27-17-21(3)9-15-25(27)26-16-10-22(4)18-28(26)29;1-21-13-17-25(18-14-21)27(23-9-5-3-6-10-23,24-11-7-4-8-12-24)26-19-15-22(2)16-20-26;1-9-3-5-11-12-6-4-10(2)8-14(12)15(16)13(11)7-9;1-6-3-7(2)5-8-4-6;1-6-3-4-8-5-7(6)2;1-6-3-4-8-7(2)5-6;1-6-3-4-7(2)8-5-6;1-6-4-3-5-8-7(6)2;1-6-4-3-5-7(2)8-6/h5-18H,1-4H3;3-20H,1-2H3;3-8H,1-2H3;6*3-5H,1-2H3. The van der Waals surface area contributed by atoms with Crippen LogP contribution in [-0.4, -0.2) is 35.7 Å². The summed E-state index contributed by atoms with van der Waals surface area (Å²) in [6, 6.07) is 106. The van der Waals surface area contributed by atoms with Crippen molar-refractivity contribution in [1.29, 1.82) is 0 Å². The van der Waals surface area contributed by atoms with Crippen LogP contribution in [0.15, 0.2) is 341 Å². The van der Waals surface area contributed by atoms with Gasteiger partial charge in [-0.25, -0.2) is 0 Å². The normalized spacial score (nSPS) is 11.2. The van der Waals surface area contributed by atoms with Crippen molar-refractivity contribution in [3.05, 3.63) is 508 Å². The molecule has 10 aromatic carbocycles. The maximum atomic E-state index is 12.2. The lowest BCUT2D eigenvalue weighted by atomic mass is 9.65. The second-order valence-corrected chi connectivity index (χ2v) is 32.0. The van der Waals surface area contributed by atoms with Crippen LogP contribution in [-0.2, 0) is 10.8 Å². The topological polar surface area (TPSA) is 94.4 Å². The van der Waals surface area contributed by atoms with E-state index in [1.807, 2.05) is 179 Å². The minimum atomic E-state index is -0.343. The molecule has 0 bridgehead atoms. The summed E-state index contributed by atoms with van der Waals surface area (Å²) < 4.78 is 0. The highest BCUT2D eigenvalue weighted by Gasteiger charge is 2.46. The first-order valence-corrected chi connectivity index (χ1v) is 41.4. The van der Waals surface area contributed by atoms with E-state index >= 15 is 0 Å². The molecule has 0 radical (unpaired) electrons. The molecule has 0 fully saturated rings. The van der Waals surface area contributed by atoms with Crippen molar-refractivity contribution in [2.24, 2.45) is 0 Å². The number of rotatable bonds is 6. The van der Waals surface area contributed by atoms with Crippen LogP contribution < -0.4 is 0 Å². The van der Waals surface area contributed by atoms with Gasteiger partial charge in [-0.1, -0.05) is 287 Å². The van der Waals surface area contributed by atoms with Crippen LogP contribution in [0.3, 0.4) is 0 Å². The average Bonchev–Trinajstić information content (AvgIpc) is 1.52. The van der Waals surface area contributed by atoms with Crippen LogP contribution >= 0.6 is 0 Å². The van der Waals surface area contributed by atoms with Crippen molar-refractivity contribution in [2.75, 3.05) is 0 Å². The molecule has 7 heteroatoms. The molecule has 2 aliphatic carbocycles. The van der Waals surface area contributed by atoms with Crippen LogP contribution in [0, 0.1) is 138 Å². The van der Waals surface area contributed by atoms with Crippen LogP contribution in [0.5, 0.6) is 0 Å². The predicted molar refractivity (Wildman–Crippen MR) is 504 cm³/mol. The minimum absolute atomic E-state index is 0.164. The van der Waals surface area contributed by atoms with E-state index in [0.717, 1.165) is 61.9 Å². The summed E-state index contributed by atoms with van der Waals surface area (Å²) in [5, 5.41) is 0. The number of hydrogen-bond acceptors (Lipinski definition) is 7. The Labute approximate surface area is 715 Å². The van der Waals surface area contributed by atoms with E-state index < -0.39 is 0 Å². The van der Waals surface area contributed by atoms with Crippen molar-refractivity contribution in [2.45, 2.75) is 149 Å². The second kappa shape index (κ2) is 42.2. The van der Waals surface area contributed by atoms with Gasteiger partial charge in [-0.05, 0) is 299 Å². The van der Waals surface area contributed by atoms with Gasteiger partial charge >= 0.3 is 0 Å². The Balaban J connectivity index is 0.000000151. The molecule has 6 aromatic heterocycles. The Morgan fingerprint density at radius 2 is 0.650 bits per heavy atom. The summed E-state index contributed by atoms with van der Waals surface area (Å²) in [6.07, 6.45) is 12.9. The summed E-state index contributed by atoms with van der Waals surface area (Å²) in [5.74, 6) is 0.164. The summed E-state index contributed by atoms with van der Waals surface area (Å²) in [5.41, 5.74) is 40.8. The molecule has 0 N–H and O–H groups in total. The summed E-state index contributed by atoms with van der Waals surface area (Å²) in [7, 11) is 0. The number of hydrogen-bond donors (Lipinski definition) is 0. The second-order valence-electron chi connectivity index (χ2n) is 32.0. The highest BCUT2D eigenvalue weighted by molar-refractivity contribution is 6.21. The number of ketones is 1. The Bertz CT molecular complexity index is 5510. The van der Waals surface area contributed by atoms with E-state index in [-0.39, 0.29) is 16.6 Å². The molecule has 0 spiro atoms. The Morgan fingerprint density at radius 1 is 0.233 bits per heavy atom. The predicted octanol–water partition coefficient (Wildman–Crippen LogP) is 27.7. The fraction of sp³-hybridized carbons (Fsp3) is 0.195. The van der Waals surface area contributed by atoms with E-state index in [1.54, 1.807) is 0 Å². The molecule has 0 atom stereocenters. The van der Waals surface area contributed by atoms with Gasteiger partial charge in [0, 0.05) is 83.0 Å². The molecule has 120 heavy (non-hydrogen) atoms. The SMILES string of the molecule is Cc1ccc(C(c2ccccc2)(c2ccccc2)c2ccc(C)cc2)cc1.Cc1ccc(C)nc1.Cc1ccc(C2(c3ccc(C)cc3)c3cc(C)ccc3-c3ccc(C)cc32)cc1.Cc1ccc2c(c1)C(=O)c1cc(C)ccc1-2.Cc1cccc(C)n1.Cc1cccnc1C.Cc1ccnc(C)c1.Cc1ccncc1C.Cc1cncc(C)c1. The molecule has 16 aromatic rings. The first-order chi connectivity index (χ1) is 57.6. The molecule has 2 aliphatic rings. The van der Waals surface area contributed by atoms with Gasteiger partial charge in [0.1, 0.15) is 0 Å². The fourth-order valence-electron chi connectivity index (χ4n) is 15.0. The zero-order valence-electron chi connectivity index (χ0n) is 73.9. The highest BCUT2D eigenvalue weighted by Crippen LogP contribution is 2.57. The monoisotopic (exact) mass is 1570 g/mol. The number of fused-ring (bicyclic) bond motifs is 6. The molecule has 604 valence electrons. The number of nitrogens with zero attached hydrogens (tertiary/aromatic N) is 6. The number of carbonyl (C=O) groups is 1. The number of aromatic nitrogens is 6. The molecule has 7 nitrogen and oxygen atoms in total. The van der Waals surface area contributed by atoms with E-state index in [4.69, 9.17) is 0 Å². The van der Waals surface area contributed by atoms with Gasteiger partial charge in [-0.3, -0.25) is 34.7 Å². The number of pyridine rings is 6. The van der Waals surface area contributed by atoms with Crippen molar-refractivity contribution < 1.29 is 4.79 Å². The minimum Gasteiger partial charge on any atom is -0.289 e. The maximum Gasteiger partial charge on any atom is 0.194 e. The first-order valence-electron chi connectivity index (χ1n) is 41.4. The molecule has 6 heterocycles. The number of aryl methyl sites for hydroxylation is 20. The first kappa shape index (κ1) is 89.1. The van der Waals surface area contributed by atoms with Crippen molar-refractivity contribution in [3.8, 4) is 22.3 Å². The average molecular weight is 1570 g/mol. The Hall–Kier alpha value is -13.2. The number of carbonyl (C=O) groups excluding carboxylic acids is 1. The lowest BCUT2D eigenvalue weighted by Crippen LogP contribution is -2.31. The maximum absolute atomic E-state index is 12.2. The molecular formula is C113H116N6O. The molecule has 0 saturated carbocycles. The van der Waals surface area contributed by atoms with Gasteiger partial charge in [0.05, 0.1) is 10.8 Å². The van der Waals surface area contributed by atoms with Gasteiger partial charge < -0.3 is 0 Å². The largest absolute Gasteiger partial charge is 0.289 e. The number of benzene rings is 10. The third kappa shape index (κ3) is 23.1. The lowest BCUT2D eigenvalue weighted by Gasteiger charge is -2.37. The van der Waals surface area contributed by atoms with Gasteiger partial charge in [0.2, 0.25) is 0 Å². The fourth-order valence-corrected chi connectivity index (χ4v) is 15.0. The molecular weight excluding hydrogens is 1460 g/mol. The third-order valence-electron chi connectivity index (χ3n) is 21.7. The molecule has 0 amide bonds. The zero-order valence-corrected chi connectivity index (χ0v) is 73.9. The summed E-state index contributed by atoms with van der Waals surface area (Å²) >= 11 is 0. The lowest BCUT2D eigenvalue weighted by molar-refractivity contribution is 0.104. The van der Waals surface area contributed by atoms with E-state index in [9.17, 15) is 4.79 Å². The van der Waals surface area contributed by atoms with E-state index in [1.165, 1.54) is 128 Å². The quantitative estimate of drug-likeness (QED) is 0.153. The van der Waals surface area contributed by atoms with Gasteiger partial charge in [-0.2, -0.15) is 0 Å². The summed E-state index contributed by atoms with van der Waals surface area (Å²) in [4.78, 5) is 36.5. The van der Waals surface area contributed by atoms with E-state index in [2.05, 4.69) is 330 Å². The zero-order chi connectivity index (χ0) is 86.0. The molecule has 0 unspecified atom stereocenters. The van der Waals surface area contributed by atoms with Crippen LogP contribution in [0.25, 0.3) is 22.3 Å². The van der Waals surface area contributed by atoms with Crippen LogP contribution in [0.1, 0.15) is 172 Å². The van der Waals surface area contributed by atoms with Gasteiger partial charge in [-0.15, -0.1) is 0 Å². The van der Waals surface area contributed by atoms with Crippen molar-refractivity contribution >= 4 is 5.78 Å². The summed E-state index contributed by atoms with van der Waals surface area (Å²) in [6.45, 7) is 41.4.